The van der Waals surface area contributed by atoms with Gasteiger partial charge in [-0.3, -0.25) is 0 Å². The van der Waals surface area contributed by atoms with E-state index in [1.807, 2.05) is 0 Å². The first-order valence-corrected chi connectivity index (χ1v) is 9.02. The lowest BCUT2D eigenvalue weighted by atomic mass is 10.3. The highest BCUT2D eigenvalue weighted by atomic mass is 28.4. The van der Waals surface area contributed by atoms with Gasteiger partial charge in [0.2, 0.25) is 0 Å². The van der Waals surface area contributed by atoms with Gasteiger partial charge in [-0.2, -0.15) is 0 Å². The average Bonchev–Trinajstić information content (AvgIpc) is 2.32. The molecule has 0 saturated carbocycles. The maximum Gasteiger partial charge on any atom is 0.494 e. The van der Waals surface area contributed by atoms with Crippen LogP contribution in [0.4, 0.5) is 4.79 Å². The summed E-state index contributed by atoms with van der Waals surface area (Å²) in [5.41, 5.74) is 0. The van der Waals surface area contributed by atoms with Gasteiger partial charge in [0.05, 0.1) is 6.61 Å². The average molecular weight is 246 g/mol. The molecule has 4 heteroatoms. The fraction of sp³-hybridized carbons (Fsp3) is 0.917. The molecule has 0 fully saturated rings. The summed E-state index contributed by atoms with van der Waals surface area (Å²) < 4.78 is 10.6. The molecule has 3 nitrogen and oxygen atoms in total. The molecule has 0 aromatic rings. The number of ether oxygens (including phenoxy) is 1. The maximum absolute atomic E-state index is 11.5. The van der Waals surface area contributed by atoms with E-state index in [2.05, 4.69) is 27.7 Å². The van der Waals surface area contributed by atoms with Crippen molar-refractivity contribution in [3.05, 3.63) is 0 Å². The Morgan fingerprint density at radius 2 is 1.56 bits per heavy atom. The quantitative estimate of drug-likeness (QED) is 0.363. The lowest BCUT2D eigenvalue weighted by Gasteiger charge is -2.26. The number of rotatable bonds is 8. The minimum absolute atomic E-state index is 0.451. The van der Waals surface area contributed by atoms with Gasteiger partial charge in [-0.15, -0.1) is 0 Å². The molecule has 0 amide bonds. The van der Waals surface area contributed by atoms with Gasteiger partial charge in [-0.1, -0.05) is 40.5 Å². The third kappa shape index (κ3) is 5.54. The second-order valence-electron chi connectivity index (χ2n) is 4.15. The van der Waals surface area contributed by atoms with Gasteiger partial charge >= 0.3 is 6.16 Å². The molecule has 0 radical (unpaired) electrons. The zero-order valence-electron chi connectivity index (χ0n) is 11.2. The lowest BCUT2D eigenvalue weighted by molar-refractivity contribution is 0.0939. The van der Waals surface area contributed by atoms with Crippen molar-refractivity contribution >= 4 is 14.5 Å². The van der Waals surface area contributed by atoms with E-state index in [9.17, 15) is 4.79 Å². The summed E-state index contributed by atoms with van der Waals surface area (Å²) in [6, 6.07) is 2.93. The van der Waals surface area contributed by atoms with Crippen LogP contribution in [0, 0.1) is 0 Å². The third-order valence-corrected chi connectivity index (χ3v) is 7.67. The SMILES string of the molecule is CCCCCOC(=O)O[Si](CC)(CC)CC. The van der Waals surface area contributed by atoms with Crippen LogP contribution in [0.5, 0.6) is 0 Å². The fourth-order valence-electron chi connectivity index (χ4n) is 1.68. The first-order valence-electron chi connectivity index (χ1n) is 6.49. The Kier molecular flexibility index (Phi) is 8.34. The van der Waals surface area contributed by atoms with Crippen molar-refractivity contribution in [2.45, 2.75) is 65.1 Å². The third-order valence-electron chi connectivity index (χ3n) is 3.20. The molecule has 0 unspecified atom stereocenters. The van der Waals surface area contributed by atoms with E-state index in [4.69, 9.17) is 9.16 Å². The molecule has 0 aromatic heterocycles. The highest BCUT2D eigenvalue weighted by Gasteiger charge is 2.33. The molecule has 0 spiro atoms. The van der Waals surface area contributed by atoms with Crippen LogP contribution in [0.15, 0.2) is 0 Å². The van der Waals surface area contributed by atoms with Gasteiger partial charge in [0.25, 0.3) is 8.32 Å². The molecule has 0 saturated heterocycles. The number of carbonyl (C=O) groups excluding carboxylic acids is 1. The summed E-state index contributed by atoms with van der Waals surface area (Å²) in [5.74, 6) is 0. The van der Waals surface area contributed by atoms with Gasteiger partial charge in [0.15, 0.2) is 0 Å². The van der Waals surface area contributed by atoms with Gasteiger partial charge in [-0.25, -0.2) is 4.79 Å². The minimum atomic E-state index is -1.82. The van der Waals surface area contributed by atoms with Crippen LogP contribution in [-0.2, 0) is 9.16 Å². The molecule has 0 aromatic carbocycles. The Labute approximate surface area is 101 Å². The predicted octanol–water partition coefficient (Wildman–Crippen LogP) is 4.34. The van der Waals surface area contributed by atoms with Crippen LogP contribution in [0.2, 0.25) is 18.1 Å². The van der Waals surface area contributed by atoms with Crippen molar-refractivity contribution < 1.29 is 14.0 Å². The van der Waals surface area contributed by atoms with E-state index in [-0.39, 0.29) is 0 Å². The topological polar surface area (TPSA) is 35.5 Å². The number of unbranched alkanes of at least 4 members (excludes halogenated alkanes) is 2. The molecule has 0 rings (SSSR count). The van der Waals surface area contributed by atoms with Gasteiger partial charge in [-0.05, 0) is 24.6 Å². The molecule has 0 aliphatic carbocycles. The second-order valence-corrected chi connectivity index (χ2v) is 8.84. The molecule has 96 valence electrons. The zero-order valence-corrected chi connectivity index (χ0v) is 12.2. The van der Waals surface area contributed by atoms with Gasteiger partial charge in [0, 0.05) is 0 Å². The normalized spacial score (nSPS) is 11.2. The molecule has 0 aliphatic rings. The highest BCUT2D eigenvalue weighted by molar-refractivity contribution is 6.74. The van der Waals surface area contributed by atoms with Crippen molar-refractivity contribution in [1.29, 1.82) is 0 Å². The van der Waals surface area contributed by atoms with E-state index >= 15 is 0 Å². The summed E-state index contributed by atoms with van der Waals surface area (Å²) in [7, 11) is -1.82. The Hall–Kier alpha value is -0.513. The first kappa shape index (κ1) is 15.5. The van der Waals surface area contributed by atoms with Gasteiger partial charge in [0.1, 0.15) is 0 Å². The van der Waals surface area contributed by atoms with E-state index in [0.29, 0.717) is 6.61 Å². The number of carbonyl (C=O) groups is 1. The van der Waals surface area contributed by atoms with Gasteiger partial charge < -0.3 is 9.16 Å². The van der Waals surface area contributed by atoms with E-state index in [1.54, 1.807) is 0 Å². The molecule has 0 N–H and O–H groups in total. The summed E-state index contributed by atoms with van der Waals surface area (Å²) in [6.45, 7) is 8.92. The van der Waals surface area contributed by atoms with Crippen molar-refractivity contribution in [3.8, 4) is 0 Å². The minimum Gasteiger partial charge on any atom is -0.489 e. The summed E-state index contributed by atoms with van der Waals surface area (Å²) in [6.07, 6.45) is 2.72. The lowest BCUT2D eigenvalue weighted by Crippen LogP contribution is -2.38. The highest BCUT2D eigenvalue weighted by Crippen LogP contribution is 2.22. The molecule has 0 heterocycles. The van der Waals surface area contributed by atoms with Crippen LogP contribution >= 0.6 is 0 Å². The fourth-order valence-corrected chi connectivity index (χ4v) is 4.03. The Morgan fingerprint density at radius 3 is 2.00 bits per heavy atom. The Morgan fingerprint density at radius 1 is 1.00 bits per heavy atom. The van der Waals surface area contributed by atoms with E-state index in [0.717, 1.165) is 37.4 Å². The first-order chi connectivity index (χ1) is 7.64. The van der Waals surface area contributed by atoms with Crippen LogP contribution in [0.1, 0.15) is 47.0 Å². The molecule has 0 atom stereocenters. The summed E-state index contributed by atoms with van der Waals surface area (Å²) in [5, 5.41) is 0. The van der Waals surface area contributed by atoms with Crippen LogP contribution in [0.3, 0.4) is 0 Å². The van der Waals surface area contributed by atoms with Crippen molar-refractivity contribution in [3.63, 3.8) is 0 Å². The molecular formula is C12H26O3Si. The van der Waals surface area contributed by atoms with Crippen molar-refractivity contribution in [2.24, 2.45) is 0 Å². The monoisotopic (exact) mass is 246 g/mol. The molecule has 0 bridgehead atoms. The molecular weight excluding hydrogens is 220 g/mol. The summed E-state index contributed by atoms with van der Waals surface area (Å²) >= 11 is 0. The largest absolute Gasteiger partial charge is 0.494 e. The zero-order chi connectivity index (χ0) is 12.4. The van der Waals surface area contributed by atoms with Crippen LogP contribution < -0.4 is 0 Å². The van der Waals surface area contributed by atoms with Crippen LogP contribution in [0.25, 0.3) is 0 Å². The van der Waals surface area contributed by atoms with E-state index < -0.39 is 14.5 Å². The maximum atomic E-state index is 11.5. The van der Waals surface area contributed by atoms with Crippen LogP contribution in [-0.4, -0.2) is 21.1 Å². The van der Waals surface area contributed by atoms with Crippen molar-refractivity contribution in [2.75, 3.05) is 6.61 Å². The van der Waals surface area contributed by atoms with Crippen molar-refractivity contribution in [1.82, 2.24) is 0 Å². The predicted molar refractivity (Wildman–Crippen MR) is 69.2 cm³/mol. The number of hydrogen-bond acceptors (Lipinski definition) is 3. The molecule has 0 aliphatic heterocycles. The Balaban J connectivity index is 3.91. The number of hydrogen-bond donors (Lipinski definition) is 0. The Bertz CT molecular complexity index is 182. The second kappa shape index (κ2) is 8.62. The summed E-state index contributed by atoms with van der Waals surface area (Å²) in [4.78, 5) is 11.5. The standard InChI is InChI=1S/C12H26O3Si/c1-5-9-10-11-14-12(13)15-16(6-2,7-3)8-4/h5-11H2,1-4H3. The van der Waals surface area contributed by atoms with E-state index in [1.165, 1.54) is 0 Å². The molecule has 16 heavy (non-hydrogen) atoms. The smallest absolute Gasteiger partial charge is 0.489 e.